The second-order valence-corrected chi connectivity index (χ2v) is 5.40. The lowest BCUT2D eigenvalue weighted by molar-refractivity contribution is 0.647. The van der Waals surface area contributed by atoms with E-state index in [9.17, 15) is 0 Å². The van der Waals surface area contributed by atoms with E-state index in [1.165, 1.54) is 24.1 Å². The van der Waals surface area contributed by atoms with Crippen molar-refractivity contribution in [3.8, 4) is 0 Å². The lowest BCUT2D eigenvalue weighted by atomic mass is 10.1. The molecule has 96 valence electrons. The van der Waals surface area contributed by atoms with Gasteiger partial charge in [-0.05, 0) is 38.1 Å². The zero-order valence-corrected chi connectivity index (χ0v) is 12.8. The molecule has 0 saturated carbocycles. The highest BCUT2D eigenvalue weighted by atomic mass is 79.9. The number of nitrogens with one attached hydrogen (secondary N) is 1. The van der Waals surface area contributed by atoms with E-state index in [4.69, 9.17) is 0 Å². The lowest BCUT2D eigenvalue weighted by Crippen LogP contribution is -2.22. The van der Waals surface area contributed by atoms with Gasteiger partial charge in [-0.3, -0.25) is 0 Å². The highest BCUT2D eigenvalue weighted by Crippen LogP contribution is 2.29. The van der Waals surface area contributed by atoms with Gasteiger partial charge in [0.05, 0.1) is 0 Å². The van der Waals surface area contributed by atoms with Gasteiger partial charge in [0.15, 0.2) is 0 Å². The number of rotatable bonds is 6. The van der Waals surface area contributed by atoms with Gasteiger partial charge in [-0.25, -0.2) is 0 Å². The summed E-state index contributed by atoms with van der Waals surface area (Å²) in [6, 6.07) is 6.89. The van der Waals surface area contributed by atoms with E-state index in [1.807, 2.05) is 7.05 Å². The highest BCUT2D eigenvalue weighted by Gasteiger charge is 2.12. The van der Waals surface area contributed by atoms with Crippen molar-refractivity contribution in [3.63, 3.8) is 0 Å². The van der Waals surface area contributed by atoms with Gasteiger partial charge in [0.2, 0.25) is 0 Å². The fourth-order valence-corrected chi connectivity index (χ4v) is 2.23. The minimum absolute atomic E-state index is 0.377. The van der Waals surface area contributed by atoms with E-state index in [-0.39, 0.29) is 0 Å². The van der Waals surface area contributed by atoms with Crippen LogP contribution >= 0.6 is 15.9 Å². The first-order chi connectivity index (χ1) is 8.10. The number of unbranched alkanes of at least 4 members (excludes halogenated alkanes) is 1. The van der Waals surface area contributed by atoms with E-state index >= 15 is 0 Å². The second-order valence-electron chi connectivity index (χ2n) is 4.49. The molecule has 2 nitrogen and oxygen atoms in total. The van der Waals surface area contributed by atoms with Gasteiger partial charge >= 0.3 is 0 Å². The standard InChI is InChI=1S/C14H23BrN2/c1-5-6-9-17(4)14-10-12(15)7-8-13(14)11(2)16-3/h7-8,10-11,16H,5-6,9H2,1-4H3. The van der Waals surface area contributed by atoms with Crippen molar-refractivity contribution in [1.82, 2.24) is 5.32 Å². The van der Waals surface area contributed by atoms with Crippen molar-refractivity contribution in [2.75, 3.05) is 25.5 Å². The van der Waals surface area contributed by atoms with E-state index in [0.717, 1.165) is 11.0 Å². The Morgan fingerprint density at radius 3 is 2.71 bits per heavy atom. The molecule has 0 fully saturated rings. The summed E-state index contributed by atoms with van der Waals surface area (Å²) in [5, 5.41) is 3.31. The van der Waals surface area contributed by atoms with E-state index < -0.39 is 0 Å². The van der Waals surface area contributed by atoms with Gasteiger partial charge < -0.3 is 10.2 Å². The Labute approximate surface area is 114 Å². The maximum atomic E-state index is 3.56. The van der Waals surface area contributed by atoms with E-state index in [1.54, 1.807) is 0 Å². The molecule has 1 rings (SSSR count). The third-order valence-corrected chi connectivity index (χ3v) is 3.64. The molecule has 1 atom stereocenters. The fourth-order valence-electron chi connectivity index (χ4n) is 1.88. The molecule has 0 spiro atoms. The minimum atomic E-state index is 0.377. The molecular formula is C14H23BrN2. The summed E-state index contributed by atoms with van der Waals surface area (Å²) in [6.45, 7) is 5.53. The minimum Gasteiger partial charge on any atom is -0.374 e. The smallest absolute Gasteiger partial charge is 0.0423 e. The van der Waals surface area contributed by atoms with Crippen LogP contribution in [0.15, 0.2) is 22.7 Å². The molecule has 0 aliphatic heterocycles. The van der Waals surface area contributed by atoms with E-state index in [0.29, 0.717) is 6.04 Å². The third-order valence-electron chi connectivity index (χ3n) is 3.15. The van der Waals surface area contributed by atoms with Crippen LogP contribution in [0.2, 0.25) is 0 Å². The van der Waals surface area contributed by atoms with Crippen LogP contribution in [0.1, 0.15) is 38.3 Å². The molecule has 0 aromatic heterocycles. The Balaban J connectivity index is 2.97. The summed E-state index contributed by atoms with van der Waals surface area (Å²) < 4.78 is 1.14. The van der Waals surface area contributed by atoms with Gasteiger partial charge in [0.1, 0.15) is 0 Å². The number of hydrogen-bond acceptors (Lipinski definition) is 2. The van der Waals surface area contributed by atoms with Crippen molar-refractivity contribution < 1.29 is 0 Å². The molecule has 0 aliphatic carbocycles. The number of nitrogens with zero attached hydrogens (tertiary/aromatic N) is 1. The topological polar surface area (TPSA) is 15.3 Å². The molecule has 0 heterocycles. The zero-order chi connectivity index (χ0) is 12.8. The summed E-state index contributed by atoms with van der Waals surface area (Å²) in [7, 11) is 4.17. The van der Waals surface area contributed by atoms with Crippen molar-refractivity contribution in [2.24, 2.45) is 0 Å². The average molecular weight is 299 g/mol. The van der Waals surface area contributed by atoms with Crippen molar-refractivity contribution in [2.45, 2.75) is 32.7 Å². The summed E-state index contributed by atoms with van der Waals surface area (Å²) in [5.74, 6) is 0. The van der Waals surface area contributed by atoms with Gasteiger partial charge in [-0.2, -0.15) is 0 Å². The van der Waals surface area contributed by atoms with Gasteiger partial charge in [-0.15, -0.1) is 0 Å². The Bertz CT molecular complexity index is 352. The van der Waals surface area contributed by atoms with Crippen molar-refractivity contribution >= 4 is 21.6 Å². The molecule has 3 heteroatoms. The summed E-state index contributed by atoms with van der Waals surface area (Å²) in [6.07, 6.45) is 2.46. The molecular weight excluding hydrogens is 276 g/mol. The quantitative estimate of drug-likeness (QED) is 0.855. The first kappa shape index (κ1) is 14.5. The van der Waals surface area contributed by atoms with Crippen molar-refractivity contribution in [3.05, 3.63) is 28.2 Å². The molecule has 1 aromatic carbocycles. The maximum absolute atomic E-state index is 3.56. The molecule has 0 amide bonds. The Morgan fingerprint density at radius 2 is 2.12 bits per heavy atom. The van der Waals surface area contributed by atoms with Crippen LogP contribution in [0.4, 0.5) is 5.69 Å². The van der Waals surface area contributed by atoms with Crippen LogP contribution < -0.4 is 10.2 Å². The van der Waals surface area contributed by atoms with Crippen LogP contribution in [0, 0.1) is 0 Å². The molecule has 0 radical (unpaired) electrons. The van der Waals surface area contributed by atoms with Crippen LogP contribution in [0.25, 0.3) is 0 Å². The highest BCUT2D eigenvalue weighted by molar-refractivity contribution is 9.10. The van der Waals surface area contributed by atoms with Gasteiger partial charge in [-0.1, -0.05) is 35.3 Å². The predicted molar refractivity (Wildman–Crippen MR) is 79.8 cm³/mol. The number of benzene rings is 1. The van der Waals surface area contributed by atoms with Crippen LogP contribution in [-0.2, 0) is 0 Å². The molecule has 1 unspecified atom stereocenters. The normalized spacial score (nSPS) is 12.5. The average Bonchev–Trinajstić information content (AvgIpc) is 2.34. The zero-order valence-electron chi connectivity index (χ0n) is 11.3. The SMILES string of the molecule is CCCCN(C)c1cc(Br)ccc1C(C)NC. The van der Waals surface area contributed by atoms with Gasteiger partial charge in [0.25, 0.3) is 0 Å². The first-order valence-electron chi connectivity index (χ1n) is 6.28. The summed E-state index contributed by atoms with van der Waals surface area (Å²) in [5.41, 5.74) is 2.67. The predicted octanol–water partition coefficient (Wildman–Crippen LogP) is 3.97. The largest absolute Gasteiger partial charge is 0.374 e. The number of halogens is 1. The monoisotopic (exact) mass is 298 g/mol. The summed E-state index contributed by atoms with van der Waals surface area (Å²) in [4.78, 5) is 2.34. The maximum Gasteiger partial charge on any atom is 0.0423 e. The van der Waals surface area contributed by atoms with Crippen LogP contribution in [0.5, 0.6) is 0 Å². The molecule has 1 aromatic rings. The molecule has 17 heavy (non-hydrogen) atoms. The molecule has 0 bridgehead atoms. The van der Waals surface area contributed by atoms with E-state index in [2.05, 4.69) is 65.2 Å². The Kier molecular flexibility index (Phi) is 6.00. The fraction of sp³-hybridized carbons (Fsp3) is 0.571. The van der Waals surface area contributed by atoms with Crippen LogP contribution in [-0.4, -0.2) is 20.6 Å². The molecule has 0 aliphatic rings. The molecule has 0 saturated heterocycles. The number of hydrogen-bond donors (Lipinski definition) is 1. The number of anilines is 1. The Morgan fingerprint density at radius 1 is 1.41 bits per heavy atom. The summed E-state index contributed by atoms with van der Waals surface area (Å²) >= 11 is 3.56. The third kappa shape index (κ3) is 4.00. The van der Waals surface area contributed by atoms with Crippen molar-refractivity contribution in [1.29, 1.82) is 0 Å². The van der Waals surface area contributed by atoms with Crippen LogP contribution in [0.3, 0.4) is 0 Å². The van der Waals surface area contributed by atoms with Gasteiger partial charge in [0, 0.05) is 29.8 Å². The first-order valence-corrected chi connectivity index (χ1v) is 7.07. The Hall–Kier alpha value is -0.540. The second kappa shape index (κ2) is 7.02. The molecule has 1 N–H and O–H groups in total. The lowest BCUT2D eigenvalue weighted by Gasteiger charge is -2.25.